The van der Waals surface area contributed by atoms with Crippen molar-refractivity contribution in [1.29, 1.82) is 0 Å². The molecule has 5 heteroatoms. The first-order valence-electron chi connectivity index (χ1n) is 6.23. The Labute approximate surface area is 107 Å². The van der Waals surface area contributed by atoms with E-state index in [1.807, 2.05) is 20.8 Å². The molecule has 0 aliphatic heterocycles. The molecule has 0 fully saturated rings. The van der Waals surface area contributed by atoms with Gasteiger partial charge in [0, 0.05) is 12.1 Å². The maximum Gasteiger partial charge on any atom is 0.277 e. The Balaban J connectivity index is 4.45. The molecule has 0 aromatic carbocycles. The summed E-state index contributed by atoms with van der Waals surface area (Å²) in [6.45, 7) is 14.5. The second-order valence-electron chi connectivity index (χ2n) is 6.36. The first-order valence-corrected chi connectivity index (χ1v) is 7.71. The van der Waals surface area contributed by atoms with E-state index in [2.05, 4.69) is 37.1 Å². The Bertz CT molecular complexity index is 308. The molecule has 0 saturated heterocycles. The molecule has 2 N–H and O–H groups in total. The molecule has 0 aromatic rings. The maximum absolute atomic E-state index is 11.8. The van der Waals surface area contributed by atoms with E-state index in [1.165, 1.54) is 0 Å². The Morgan fingerprint density at radius 1 is 1.00 bits per heavy atom. The number of rotatable bonds is 6. The van der Waals surface area contributed by atoms with Gasteiger partial charge in [-0.15, -0.1) is 0 Å². The molecule has 0 heterocycles. The third-order valence-corrected chi connectivity index (χ3v) is 4.09. The van der Waals surface area contributed by atoms with Crippen LogP contribution in [0, 0.1) is 17.8 Å². The molecule has 104 valence electrons. The predicted octanol–water partition coefficient (Wildman–Crippen LogP) is 2.14. The molecule has 0 amide bonds. The quantitative estimate of drug-likeness (QED) is 0.772. The van der Waals surface area contributed by atoms with Gasteiger partial charge in [-0.05, 0) is 38.5 Å². The monoisotopic (exact) mass is 264 g/mol. The summed E-state index contributed by atoms with van der Waals surface area (Å²) in [7, 11) is -3.40. The molecule has 0 aliphatic carbocycles. The molecule has 0 unspecified atom stereocenters. The third kappa shape index (κ3) is 7.73. The highest BCUT2D eigenvalue weighted by Gasteiger charge is 2.23. The molecular weight excluding hydrogens is 236 g/mol. The van der Waals surface area contributed by atoms with Crippen molar-refractivity contribution < 1.29 is 8.42 Å². The minimum absolute atomic E-state index is 0.353. The van der Waals surface area contributed by atoms with Gasteiger partial charge in [0.15, 0.2) is 0 Å². The molecule has 0 aliphatic rings. The van der Waals surface area contributed by atoms with Crippen molar-refractivity contribution >= 4 is 10.2 Å². The molecular formula is C12H28N2O2S. The van der Waals surface area contributed by atoms with Crippen LogP contribution in [0.25, 0.3) is 0 Å². The van der Waals surface area contributed by atoms with Crippen LogP contribution in [-0.2, 0) is 10.2 Å². The maximum atomic E-state index is 11.8. The van der Waals surface area contributed by atoms with Crippen molar-refractivity contribution in [2.75, 3.05) is 6.54 Å². The second kappa shape index (κ2) is 6.16. The van der Waals surface area contributed by atoms with Gasteiger partial charge in [0.2, 0.25) is 0 Å². The van der Waals surface area contributed by atoms with Gasteiger partial charge in [0.1, 0.15) is 0 Å². The normalized spacial score (nSPS) is 14.0. The number of nitrogens with one attached hydrogen (secondary N) is 2. The van der Waals surface area contributed by atoms with E-state index < -0.39 is 15.7 Å². The average molecular weight is 264 g/mol. The molecule has 0 saturated carbocycles. The van der Waals surface area contributed by atoms with Crippen molar-refractivity contribution in [3.8, 4) is 0 Å². The van der Waals surface area contributed by atoms with Crippen LogP contribution in [0.5, 0.6) is 0 Å². The summed E-state index contributed by atoms with van der Waals surface area (Å²) >= 11 is 0. The molecule has 0 atom stereocenters. The minimum atomic E-state index is -3.40. The van der Waals surface area contributed by atoms with Gasteiger partial charge in [-0.25, -0.2) is 4.72 Å². The van der Waals surface area contributed by atoms with Gasteiger partial charge in [0.05, 0.1) is 0 Å². The van der Waals surface area contributed by atoms with Crippen LogP contribution in [0.15, 0.2) is 0 Å². The van der Waals surface area contributed by atoms with Crippen molar-refractivity contribution in [2.24, 2.45) is 17.8 Å². The summed E-state index contributed by atoms with van der Waals surface area (Å²) in [5, 5.41) is 0. The van der Waals surface area contributed by atoms with E-state index >= 15 is 0 Å². The van der Waals surface area contributed by atoms with E-state index in [1.54, 1.807) is 0 Å². The molecule has 4 nitrogen and oxygen atoms in total. The standard InChI is InChI=1S/C12H28N2O2S/c1-9(2)11(10(3)4)8-13-17(15,16)14-12(5,6)7/h9-11,13-14H,8H2,1-7H3. The number of hydrogen-bond donors (Lipinski definition) is 2. The number of hydrogen-bond acceptors (Lipinski definition) is 2. The molecule has 17 heavy (non-hydrogen) atoms. The lowest BCUT2D eigenvalue weighted by Gasteiger charge is -2.26. The van der Waals surface area contributed by atoms with Crippen LogP contribution >= 0.6 is 0 Å². The Morgan fingerprint density at radius 2 is 1.41 bits per heavy atom. The largest absolute Gasteiger partial charge is 0.277 e. The zero-order valence-electron chi connectivity index (χ0n) is 12.2. The lowest BCUT2D eigenvalue weighted by molar-refractivity contribution is 0.288. The lowest BCUT2D eigenvalue weighted by Crippen LogP contribution is -2.48. The Hall–Kier alpha value is -0.130. The summed E-state index contributed by atoms with van der Waals surface area (Å²) in [4.78, 5) is 0. The minimum Gasteiger partial charge on any atom is -0.202 e. The van der Waals surface area contributed by atoms with Crippen LogP contribution in [0.1, 0.15) is 48.5 Å². The first-order chi connectivity index (χ1) is 7.44. The molecule has 0 rings (SSSR count). The first kappa shape index (κ1) is 16.9. The van der Waals surface area contributed by atoms with Gasteiger partial charge >= 0.3 is 0 Å². The van der Waals surface area contributed by atoms with Crippen LogP contribution in [0.2, 0.25) is 0 Å². The summed E-state index contributed by atoms with van der Waals surface area (Å²) in [6.07, 6.45) is 0. The van der Waals surface area contributed by atoms with E-state index in [4.69, 9.17) is 0 Å². The van der Waals surface area contributed by atoms with Gasteiger partial charge in [-0.3, -0.25) is 0 Å². The fraction of sp³-hybridized carbons (Fsp3) is 1.00. The fourth-order valence-corrected chi connectivity index (χ4v) is 3.18. The van der Waals surface area contributed by atoms with Crippen molar-refractivity contribution in [2.45, 2.75) is 54.0 Å². The summed E-state index contributed by atoms with van der Waals surface area (Å²) in [5.74, 6) is 1.28. The zero-order valence-corrected chi connectivity index (χ0v) is 13.0. The summed E-state index contributed by atoms with van der Waals surface area (Å²) in [5.41, 5.74) is -0.447. The summed E-state index contributed by atoms with van der Waals surface area (Å²) in [6, 6.07) is 0. The molecule has 0 aromatic heterocycles. The highest BCUT2D eigenvalue weighted by molar-refractivity contribution is 7.87. The highest BCUT2D eigenvalue weighted by Crippen LogP contribution is 2.19. The molecule has 0 bridgehead atoms. The average Bonchev–Trinajstić information content (AvgIpc) is 1.96. The van der Waals surface area contributed by atoms with Crippen molar-refractivity contribution in [3.05, 3.63) is 0 Å². The van der Waals surface area contributed by atoms with Gasteiger partial charge in [0.25, 0.3) is 10.2 Å². The van der Waals surface area contributed by atoms with Gasteiger partial charge in [-0.1, -0.05) is 27.7 Å². The predicted molar refractivity (Wildman–Crippen MR) is 73.0 cm³/mol. The van der Waals surface area contributed by atoms with Gasteiger partial charge in [-0.2, -0.15) is 13.1 Å². The van der Waals surface area contributed by atoms with Crippen LogP contribution in [-0.4, -0.2) is 20.5 Å². The summed E-state index contributed by atoms with van der Waals surface area (Å²) < 4.78 is 28.8. The smallest absolute Gasteiger partial charge is 0.202 e. The Morgan fingerprint density at radius 3 is 1.71 bits per heavy atom. The highest BCUT2D eigenvalue weighted by atomic mass is 32.2. The fourth-order valence-electron chi connectivity index (χ4n) is 1.89. The van der Waals surface area contributed by atoms with Crippen molar-refractivity contribution in [1.82, 2.24) is 9.44 Å². The van der Waals surface area contributed by atoms with Crippen LogP contribution in [0.3, 0.4) is 0 Å². The van der Waals surface area contributed by atoms with E-state index in [0.717, 1.165) is 0 Å². The topological polar surface area (TPSA) is 58.2 Å². The van der Waals surface area contributed by atoms with E-state index in [9.17, 15) is 8.42 Å². The molecule has 0 radical (unpaired) electrons. The zero-order chi connectivity index (χ0) is 13.9. The van der Waals surface area contributed by atoms with Gasteiger partial charge < -0.3 is 0 Å². The third-order valence-electron chi connectivity index (χ3n) is 2.66. The SMILES string of the molecule is CC(C)C(CNS(=O)(=O)NC(C)(C)C)C(C)C. The lowest BCUT2D eigenvalue weighted by atomic mass is 9.86. The molecule has 0 spiro atoms. The van der Waals surface area contributed by atoms with Crippen LogP contribution in [0.4, 0.5) is 0 Å². The Kier molecular flexibility index (Phi) is 6.11. The van der Waals surface area contributed by atoms with Crippen molar-refractivity contribution in [3.63, 3.8) is 0 Å². The van der Waals surface area contributed by atoms with E-state index in [-0.39, 0.29) is 0 Å². The van der Waals surface area contributed by atoms with E-state index in [0.29, 0.717) is 24.3 Å². The second-order valence-corrected chi connectivity index (χ2v) is 7.86. The van der Waals surface area contributed by atoms with Crippen LogP contribution < -0.4 is 9.44 Å².